The Morgan fingerprint density at radius 3 is 2.70 bits per heavy atom. The largest absolute Gasteiger partial charge is 0.350 e. The maximum Gasteiger partial charge on any atom is 0.293 e. The summed E-state index contributed by atoms with van der Waals surface area (Å²) < 4.78 is 30.1. The van der Waals surface area contributed by atoms with Crippen LogP contribution in [0.15, 0.2) is 16.2 Å². The van der Waals surface area contributed by atoms with Crippen molar-refractivity contribution in [2.24, 2.45) is 0 Å². The van der Waals surface area contributed by atoms with E-state index in [1.165, 1.54) is 5.57 Å². The lowest BCUT2D eigenvalue weighted by atomic mass is 9.95. The highest BCUT2D eigenvalue weighted by molar-refractivity contribution is 7.91. The summed E-state index contributed by atoms with van der Waals surface area (Å²) in [6, 6.07) is -0.465. The Kier molecular flexibility index (Phi) is 4.88. The molecule has 148 valence electrons. The highest BCUT2D eigenvalue weighted by atomic mass is 32.2. The third-order valence-electron chi connectivity index (χ3n) is 5.94. The van der Waals surface area contributed by atoms with Gasteiger partial charge in [0.15, 0.2) is 9.84 Å². The van der Waals surface area contributed by atoms with Gasteiger partial charge in [0.2, 0.25) is 5.76 Å². The molecule has 3 heterocycles. The number of fused-ring (bicyclic) bond motifs is 2. The van der Waals surface area contributed by atoms with E-state index in [1.54, 1.807) is 4.90 Å². The zero-order valence-electron chi connectivity index (χ0n) is 16.0. The molecule has 0 saturated carbocycles. The maximum absolute atomic E-state index is 13.2. The van der Waals surface area contributed by atoms with Crippen LogP contribution in [-0.4, -0.2) is 72.5 Å². The lowest BCUT2D eigenvalue weighted by Crippen LogP contribution is -2.60. The van der Waals surface area contributed by atoms with Gasteiger partial charge in [-0.15, -0.1) is 0 Å². The number of aryl methyl sites for hydroxylation is 1. The first kappa shape index (κ1) is 18.7. The van der Waals surface area contributed by atoms with Gasteiger partial charge in [-0.2, -0.15) is 0 Å². The molecule has 3 aliphatic rings. The number of amides is 1. The molecular formula is C19H27N3O4S. The topological polar surface area (TPSA) is 83.7 Å². The van der Waals surface area contributed by atoms with E-state index in [2.05, 4.69) is 16.1 Å². The number of aromatic nitrogens is 1. The van der Waals surface area contributed by atoms with Crippen molar-refractivity contribution in [3.05, 3.63) is 28.7 Å². The van der Waals surface area contributed by atoms with E-state index in [0.29, 0.717) is 18.8 Å². The number of carbonyl (C=O) groups is 1. The molecule has 27 heavy (non-hydrogen) atoms. The minimum absolute atomic E-state index is 0.0328. The number of hydrogen-bond donors (Lipinski definition) is 0. The minimum atomic E-state index is -3.16. The predicted octanol–water partition coefficient (Wildman–Crippen LogP) is 1.44. The highest BCUT2D eigenvalue weighted by Gasteiger charge is 2.48. The molecular weight excluding hydrogens is 366 g/mol. The van der Waals surface area contributed by atoms with Gasteiger partial charge in [-0.1, -0.05) is 16.8 Å². The molecule has 0 aromatic carbocycles. The van der Waals surface area contributed by atoms with Crippen LogP contribution in [0, 0.1) is 0 Å². The second-order valence-electron chi connectivity index (χ2n) is 8.13. The number of hydrogen-bond acceptors (Lipinski definition) is 6. The van der Waals surface area contributed by atoms with Gasteiger partial charge in [-0.25, -0.2) is 8.42 Å². The first-order valence-electron chi connectivity index (χ1n) is 9.72. The molecule has 7 nitrogen and oxygen atoms in total. The normalized spacial score (nSPS) is 27.1. The third-order valence-corrected chi connectivity index (χ3v) is 7.64. The van der Waals surface area contributed by atoms with Gasteiger partial charge in [-0.05, 0) is 39.5 Å². The van der Waals surface area contributed by atoms with Crippen LogP contribution in [0.5, 0.6) is 0 Å². The van der Waals surface area contributed by atoms with E-state index in [1.807, 2.05) is 13.8 Å². The Bertz CT molecular complexity index is 870. The van der Waals surface area contributed by atoms with Crippen molar-refractivity contribution >= 4 is 15.7 Å². The zero-order valence-corrected chi connectivity index (χ0v) is 16.8. The van der Waals surface area contributed by atoms with E-state index in [4.69, 9.17) is 4.52 Å². The molecule has 1 aromatic rings. The molecule has 2 saturated heterocycles. The van der Waals surface area contributed by atoms with Crippen LogP contribution >= 0.6 is 0 Å². The van der Waals surface area contributed by atoms with Gasteiger partial charge < -0.3 is 9.42 Å². The van der Waals surface area contributed by atoms with Crippen LogP contribution in [-0.2, 0) is 22.7 Å². The monoisotopic (exact) mass is 393 g/mol. The molecule has 1 amide bonds. The average molecular weight is 394 g/mol. The smallest absolute Gasteiger partial charge is 0.293 e. The van der Waals surface area contributed by atoms with Gasteiger partial charge in [-0.3, -0.25) is 9.69 Å². The van der Waals surface area contributed by atoms with Crippen LogP contribution < -0.4 is 0 Å². The standard InChI is InChI=1S/C19H27N3O4S/c1-13(2)7-8-21-9-10-22(17-12-27(24,25)11-16(17)21)19(23)18-14-5-3-4-6-15(14)20-26-18/h7,16-17H,3-6,8-12H2,1-2H3/t16-,17+/m1/s1. The van der Waals surface area contributed by atoms with E-state index >= 15 is 0 Å². The van der Waals surface area contributed by atoms with E-state index in [0.717, 1.165) is 43.5 Å². The van der Waals surface area contributed by atoms with Crippen molar-refractivity contribution in [3.8, 4) is 0 Å². The molecule has 0 spiro atoms. The number of rotatable bonds is 3. The maximum atomic E-state index is 13.2. The van der Waals surface area contributed by atoms with Crippen LogP contribution in [0.1, 0.15) is 48.5 Å². The van der Waals surface area contributed by atoms with Gasteiger partial charge in [0.05, 0.1) is 23.2 Å². The third kappa shape index (κ3) is 3.57. The van der Waals surface area contributed by atoms with E-state index in [-0.39, 0.29) is 29.5 Å². The Morgan fingerprint density at radius 1 is 1.19 bits per heavy atom. The number of nitrogens with zero attached hydrogens (tertiary/aromatic N) is 3. The molecule has 4 rings (SSSR count). The molecule has 1 aliphatic carbocycles. The minimum Gasteiger partial charge on any atom is -0.350 e. The lowest BCUT2D eigenvalue weighted by Gasteiger charge is -2.43. The van der Waals surface area contributed by atoms with E-state index in [9.17, 15) is 13.2 Å². The van der Waals surface area contributed by atoms with Crippen molar-refractivity contribution in [2.75, 3.05) is 31.1 Å². The summed E-state index contributed by atoms with van der Waals surface area (Å²) in [6.07, 6.45) is 5.88. The molecule has 1 aromatic heterocycles. The van der Waals surface area contributed by atoms with Crippen molar-refractivity contribution in [1.29, 1.82) is 0 Å². The lowest BCUT2D eigenvalue weighted by molar-refractivity contribution is 0.0334. The molecule has 0 N–H and O–H groups in total. The number of carbonyl (C=O) groups excluding carboxylic acids is 1. The first-order valence-corrected chi connectivity index (χ1v) is 11.5. The number of piperazine rings is 1. The zero-order chi connectivity index (χ0) is 19.2. The summed E-state index contributed by atoms with van der Waals surface area (Å²) in [7, 11) is -3.16. The molecule has 0 bridgehead atoms. The fourth-order valence-corrected chi connectivity index (χ4v) is 6.50. The van der Waals surface area contributed by atoms with Crippen molar-refractivity contribution in [2.45, 2.75) is 51.6 Å². The Balaban J connectivity index is 1.60. The Morgan fingerprint density at radius 2 is 1.93 bits per heavy atom. The summed E-state index contributed by atoms with van der Waals surface area (Å²) in [5.41, 5.74) is 3.03. The fraction of sp³-hybridized carbons (Fsp3) is 0.684. The molecule has 2 atom stereocenters. The molecule has 8 heteroatoms. The average Bonchev–Trinajstić information content (AvgIpc) is 3.18. The molecule has 0 unspecified atom stereocenters. The second-order valence-corrected chi connectivity index (χ2v) is 10.3. The van der Waals surface area contributed by atoms with Crippen LogP contribution in [0.2, 0.25) is 0 Å². The second kappa shape index (κ2) is 7.05. The van der Waals surface area contributed by atoms with E-state index < -0.39 is 9.84 Å². The first-order chi connectivity index (χ1) is 12.9. The molecule has 2 aliphatic heterocycles. The van der Waals surface area contributed by atoms with Crippen molar-refractivity contribution in [3.63, 3.8) is 0 Å². The summed E-state index contributed by atoms with van der Waals surface area (Å²) in [6.45, 7) is 5.98. The van der Waals surface area contributed by atoms with Crippen LogP contribution in [0.4, 0.5) is 0 Å². The van der Waals surface area contributed by atoms with Gasteiger partial charge in [0.1, 0.15) is 0 Å². The van der Waals surface area contributed by atoms with Crippen molar-refractivity contribution < 1.29 is 17.7 Å². The summed E-state index contributed by atoms with van der Waals surface area (Å²) in [5.74, 6) is 0.280. The van der Waals surface area contributed by atoms with Crippen LogP contribution in [0.3, 0.4) is 0 Å². The number of sulfone groups is 1. The molecule has 2 fully saturated rings. The van der Waals surface area contributed by atoms with Gasteiger partial charge in [0, 0.05) is 31.2 Å². The SMILES string of the molecule is CC(C)=CCN1CCN(C(=O)c2onc3c2CCCC3)[C@H]2CS(=O)(=O)C[C@H]21. The summed E-state index contributed by atoms with van der Waals surface area (Å²) in [5, 5.41) is 4.09. The number of allylic oxidation sites excluding steroid dienone is 1. The Hall–Kier alpha value is -1.67. The fourth-order valence-electron chi connectivity index (χ4n) is 4.49. The van der Waals surface area contributed by atoms with Crippen molar-refractivity contribution in [1.82, 2.24) is 15.0 Å². The predicted molar refractivity (Wildman–Crippen MR) is 101 cm³/mol. The van der Waals surface area contributed by atoms with Crippen LogP contribution in [0.25, 0.3) is 0 Å². The van der Waals surface area contributed by atoms with Gasteiger partial charge in [0.25, 0.3) is 5.91 Å². The summed E-state index contributed by atoms with van der Waals surface area (Å²) >= 11 is 0. The quantitative estimate of drug-likeness (QED) is 0.723. The highest BCUT2D eigenvalue weighted by Crippen LogP contribution is 2.31. The Labute approximate surface area is 160 Å². The molecule has 0 radical (unpaired) electrons. The van der Waals surface area contributed by atoms with Gasteiger partial charge >= 0.3 is 0 Å². The summed E-state index contributed by atoms with van der Waals surface area (Å²) in [4.78, 5) is 17.1.